The molecule has 2 aliphatic rings. The first-order valence-electron chi connectivity index (χ1n) is 7.20. The van der Waals surface area contributed by atoms with Crippen molar-refractivity contribution in [2.75, 3.05) is 46.4 Å². The molecule has 0 spiro atoms. The summed E-state index contributed by atoms with van der Waals surface area (Å²) in [7, 11) is 1.86. The van der Waals surface area contributed by atoms with Crippen molar-refractivity contribution < 1.29 is 18.3 Å². The molecule has 0 aromatic rings. The molecule has 2 unspecified atom stereocenters. The number of hydrogen-bond donors (Lipinski definition) is 2. The van der Waals surface area contributed by atoms with Gasteiger partial charge in [-0.05, 0) is 26.3 Å². The first kappa shape index (κ1) is 16.0. The van der Waals surface area contributed by atoms with Gasteiger partial charge < -0.3 is 10.4 Å². The molecular formula is C13H24F3N3O. The van der Waals surface area contributed by atoms with E-state index in [1.807, 2.05) is 7.05 Å². The van der Waals surface area contributed by atoms with Gasteiger partial charge in [0.2, 0.25) is 0 Å². The maximum Gasteiger partial charge on any atom is 0.401 e. The number of nitrogens with zero attached hydrogens (tertiary/aromatic N) is 2. The van der Waals surface area contributed by atoms with Crippen molar-refractivity contribution in [3.8, 4) is 0 Å². The summed E-state index contributed by atoms with van der Waals surface area (Å²) in [5, 5.41) is 12.7. The number of aliphatic hydroxyl groups is 1. The summed E-state index contributed by atoms with van der Waals surface area (Å²) in [6.45, 7) is 1.64. The monoisotopic (exact) mass is 295 g/mol. The fraction of sp³-hybridized carbons (Fsp3) is 1.00. The molecule has 0 aromatic carbocycles. The quantitative estimate of drug-likeness (QED) is 0.799. The minimum absolute atomic E-state index is 0.119. The molecule has 1 aliphatic carbocycles. The van der Waals surface area contributed by atoms with Crippen LogP contribution in [0.3, 0.4) is 0 Å². The van der Waals surface area contributed by atoms with Gasteiger partial charge in [-0.1, -0.05) is 0 Å². The van der Waals surface area contributed by atoms with Crippen molar-refractivity contribution in [1.82, 2.24) is 15.1 Å². The average molecular weight is 295 g/mol. The first-order chi connectivity index (χ1) is 9.37. The van der Waals surface area contributed by atoms with E-state index in [-0.39, 0.29) is 12.1 Å². The summed E-state index contributed by atoms with van der Waals surface area (Å²) < 4.78 is 37.0. The number of piperazine rings is 1. The van der Waals surface area contributed by atoms with Crippen LogP contribution < -0.4 is 5.32 Å². The van der Waals surface area contributed by atoms with Crippen LogP contribution in [0.4, 0.5) is 13.2 Å². The molecule has 2 rings (SSSR count). The predicted molar refractivity (Wildman–Crippen MR) is 70.6 cm³/mol. The summed E-state index contributed by atoms with van der Waals surface area (Å²) in [4.78, 5) is 3.75. The molecule has 0 bridgehead atoms. The van der Waals surface area contributed by atoms with Gasteiger partial charge in [-0.3, -0.25) is 9.80 Å². The van der Waals surface area contributed by atoms with Crippen LogP contribution in [-0.2, 0) is 0 Å². The second kappa shape index (κ2) is 6.17. The minimum atomic E-state index is -4.10. The van der Waals surface area contributed by atoms with Gasteiger partial charge in [-0.25, -0.2) is 0 Å². The molecule has 1 heterocycles. The van der Waals surface area contributed by atoms with Gasteiger partial charge in [0.05, 0.1) is 13.2 Å². The summed E-state index contributed by atoms with van der Waals surface area (Å²) in [5.74, 6) is 0. The highest BCUT2D eigenvalue weighted by Crippen LogP contribution is 2.33. The summed E-state index contributed by atoms with van der Waals surface area (Å²) in [6, 6.07) is 0.377. The number of rotatable bonds is 4. The van der Waals surface area contributed by atoms with Gasteiger partial charge in [-0.15, -0.1) is 0 Å². The molecular weight excluding hydrogens is 271 g/mol. The number of aliphatic hydroxyl groups excluding tert-OH is 1. The van der Waals surface area contributed by atoms with E-state index in [0.717, 1.165) is 19.3 Å². The summed E-state index contributed by atoms with van der Waals surface area (Å²) in [6.07, 6.45) is -1.30. The normalized spacial score (nSPS) is 33.8. The van der Waals surface area contributed by atoms with Crippen molar-refractivity contribution >= 4 is 0 Å². The average Bonchev–Trinajstić information content (AvgIpc) is 2.83. The Kier molecular flexibility index (Phi) is 4.94. The maximum absolute atomic E-state index is 12.3. The van der Waals surface area contributed by atoms with E-state index in [1.165, 1.54) is 4.90 Å². The Morgan fingerprint density at radius 1 is 1.25 bits per heavy atom. The highest BCUT2D eigenvalue weighted by Gasteiger charge is 2.41. The maximum atomic E-state index is 12.3. The zero-order chi connectivity index (χ0) is 14.8. The lowest BCUT2D eigenvalue weighted by atomic mass is 9.99. The third kappa shape index (κ3) is 3.84. The number of nitrogens with one attached hydrogen (secondary N) is 1. The van der Waals surface area contributed by atoms with Crippen molar-refractivity contribution in [3.63, 3.8) is 0 Å². The van der Waals surface area contributed by atoms with Crippen LogP contribution in [0, 0.1) is 0 Å². The van der Waals surface area contributed by atoms with Crippen LogP contribution in [0.5, 0.6) is 0 Å². The molecule has 4 nitrogen and oxygen atoms in total. The summed E-state index contributed by atoms with van der Waals surface area (Å²) in [5.41, 5.74) is -0.201. The van der Waals surface area contributed by atoms with Crippen molar-refractivity contribution in [2.45, 2.75) is 37.0 Å². The topological polar surface area (TPSA) is 38.7 Å². The Morgan fingerprint density at radius 3 is 2.35 bits per heavy atom. The molecule has 0 radical (unpaired) electrons. The van der Waals surface area contributed by atoms with Crippen LogP contribution in [-0.4, -0.2) is 79.0 Å². The Morgan fingerprint density at radius 2 is 1.90 bits per heavy atom. The molecule has 1 saturated heterocycles. The molecule has 2 atom stereocenters. The molecule has 0 amide bonds. The molecule has 118 valence electrons. The van der Waals surface area contributed by atoms with Crippen LogP contribution in [0.2, 0.25) is 0 Å². The minimum Gasteiger partial charge on any atom is -0.394 e. The van der Waals surface area contributed by atoms with Crippen molar-refractivity contribution in [1.29, 1.82) is 0 Å². The van der Waals surface area contributed by atoms with Gasteiger partial charge >= 0.3 is 6.18 Å². The fourth-order valence-corrected chi connectivity index (χ4v) is 3.40. The zero-order valence-corrected chi connectivity index (χ0v) is 11.9. The van der Waals surface area contributed by atoms with Gasteiger partial charge in [0.1, 0.15) is 0 Å². The lowest BCUT2D eigenvalue weighted by Gasteiger charge is -2.39. The second-order valence-corrected chi connectivity index (χ2v) is 6.01. The standard InChI is InChI=1S/C13H24F3N3O/c1-17-12(10-20)3-2-11(8-12)19-6-4-18(5-7-19)9-13(14,15)16/h11,17,20H,2-10H2,1H3. The van der Waals surface area contributed by atoms with Crippen LogP contribution in [0.1, 0.15) is 19.3 Å². The number of halogens is 3. The van der Waals surface area contributed by atoms with Gasteiger partial charge in [0, 0.05) is 37.8 Å². The van der Waals surface area contributed by atoms with E-state index < -0.39 is 12.7 Å². The third-order valence-corrected chi connectivity index (χ3v) is 4.74. The number of hydrogen-bond acceptors (Lipinski definition) is 4. The second-order valence-electron chi connectivity index (χ2n) is 6.01. The highest BCUT2D eigenvalue weighted by atomic mass is 19.4. The number of likely N-dealkylation sites (N-methyl/N-ethyl adjacent to an activating group) is 1. The van der Waals surface area contributed by atoms with E-state index >= 15 is 0 Å². The Balaban J connectivity index is 1.80. The van der Waals surface area contributed by atoms with E-state index in [0.29, 0.717) is 32.2 Å². The third-order valence-electron chi connectivity index (χ3n) is 4.74. The largest absolute Gasteiger partial charge is 0.401 e. The molecule has 1 saturated carbocycles. The molecule has 0 aromatic heterocycles. The number of alkyl halides is 3. The zero-order valence-electron chi connectivity index (χ0n) is 11.9. The van der Waals surface area contributed by atoms with E-state index in [2.05, 4.69) is 10.2 Å². The fourth-order valence-electron chi connectivity index (χ4n) is 3.40. The lowest BCUT2D eigenvalue weighted by Crippen LogP contribution is -2.53. The Hall–Kier alpha value is -0.370. The lowest BCUT2D eigenvalue weighted by molar-refractivity contribution is -0.149. The predicted octanol–water partition coefficient (Wildman–Crippen LogP) is 0.669. The highest BCUT2D eigenvalue weighted by molar-refractivity contribution is 4.99. The van der Waals surface area contributed by atoms with E-state index in [1.54, 1.807) is 0 Å². The molecule has 1 aliphatic heterocycles. The Labute approximate surface area is 117 Å². The molecule has 7 heteroatoms. The molecule has 2 N–H and O–H groups in total. The van der Waals surface area contributed by atoms with Crippen LogP contribution in [0.15, 0.2) is 0 Å². The van der Waals surface area contributed by atoms with Crippen molar-refractivity contribution in [2.24, 2.45) is 0 Å². The molecule has 20 heavy (non-hydrogen) atoms. The Bertz CT molecular complexity index is 312. The van der Waals surface area contributed by atoms with E-state index in [9.17, 15) is 18.3 Å². The van der Waals surface area contributed by atoms with Gasteiger partial charge in [0.15, 0.2) is 0 Å². The summed E-state index contributed by atoms with van der Waals surface area (Å²) >= 11 is 0. The van der Waals surface area contributed by atoms with Crippen molar-refractivity contribution in [3.05, 3.63) is 0 Å². The van der Waals surface area contributed by atoms with Gasteiger partial charge in [0.25, 0.3) is 0 Å². The van der Waals surface area contributed by atoms with Gasteiger partial charge in [-0.2, -0.15) is 13.2 Å². The first-order valence-corrected chi connectivity index (χ1v) is 7.20. The van der Waals surface area contributed by atoms with Crippen LogP contribution >= 0.6 is 0 Å². The smallest absolute Gasteiger partial charge is 0.394 e. The molecule has 2 fully saturated rings. The SMILES string of the molecule is CNC1(CO)CCC(N2CCN(CC(F)(F)F)CC2)C1. The van der Waals surface area contributed by atoms with Crippen LogP contribution in [0.25, 0.3) is 0 Å². The van der Waals surface area contributed by atoms with E-state index in [4.69, 9.17) is 0 Å².